The van der Waals surface area contributed by atoms with E-state index >= 15 is 0 Å². The lowest BCUT2D eigenvalue weighted by Crippen LogP contribution is -2.57. The van der Waals surface area contributed by atoms with Crippen LogP contribution in [-0.4, -0.2) is 125 Å². The number of benzene rings is 9. The number of nitro benzene ring substituents is 1. The van der Waals surface area contributed by atoms with E-state index < -0.39 is 67.3 Å². The van der Waals surface area contributed by atoms with Crippen molar-refractivity contribution in [3.63, 3.8) is 0 Å². The van der Waals surface area contributed by atoms with Crippen LogP contribution in [-0.2, 0) is 67.0 Å². The first-order chi connectivity index (χ1) is 62.1. The molecule has 9 aromatic carbocycles. The van der Waals surface area contributed by atoms with E-state index in [1.54, 1.807) is 122 Å². The van der Waals surface area contributed by atoms with Crippen molar-refractivity contribution in [2.24, 2.45) is 17.6 Å². The van der Waals surface area contributed by atoms with Gasteiger partial charge in [0.15, 0.2) is 38.3 Å². The van der Waals surface area contributed by atoms with Crippen molar-refractivity contribution in [1.29, 1.82) is 5.26 Å². The van der Waals surface area contributed by atoms with Crippen molar-refractivity contribution >= 4 is 61.2 Å². The molecule has 10 rings (SSSR count). The van der Waals surface area contributed by atoms with E-state index in [2.05, 4.69) is 87.8 Å². The van der Waals surface area contributed by atoms with Gasteiger partial charge in [-0.05, 0) is 211 Å². The normalized spacial score (nSPS) is 11.0. The monoisotopic (exact) mass is 2010 g/mol. The standard InChI is InChI=1S/C24H40N2O7Si.C13H16N2O6.C9H12O2.C8H7N.2C8H10O.C8H10.C7H7F.C7H7NO2.C7H14.C4H10.C2H6.10CH4/c1-16(27)25-18-13-11-12-17(14-18)15-31-19(21(28)30-8)20(26-22(29)32-23(2,3)4)33-34(9,10)24(5,6)7;1-7(16)15-9-4-2-3-8(5-9)6-21-11(13(19)20)10(14)12(17)18;1-7-4-5-8(10-2)9(6-7)11-3;1-7-2-4-8(6-9)5-3-7;1-7-3-5-8(9-2)6-4-7;1-7-4-3-5-8(6-7)9-2;1-2-8-6-4-3-5-7-8;1-6-2-4-7(8)5-3-6;1-6-2-4-7(5-3-6)8(9)10;1-7-5-3-2-4-6-7;1-4(2)3;1-2;;;;;;;;;;/h11-14,19-20H,15H2,1-10H3,(H,25,27)(H,26,29);2-5,10-11H,6,14H2,1H3,(H,15,16)(H,17,18)(H,19,20);4-6H,1-3H3;2-5H,1H3;2*3-6H,1-2H3;3-7H,2H2,1H3;2-5H,1H3;2-5H,1H3;7H,2-6H2,1H3;4H,1-3H3;1-2H3;10*1H4/t19-,20+;10-,11-;;;;;;;;;;;;;;;;;;;;/m00..................../s1. The van der Waals surface area contributed by atoms with Crippen molar-refractivity contribution in [2.75, 3.05) is 46.2 Å². The van der Waals surface area contributed by atoms with Crippen LogP contribution < -0.4 is 40.6 Å². The number of nitrogens with zero attached hydrogens (tertiary/aromatic N) is 2. The zero-order valence-electron chi connectivity index (χ0n) is 83.1. The Hall–Kier alpha value is -12.3. The van der Waals surface area contributed by atoms with Gasteiger partial charge >= 0.3 is 24.0 Å². The van der Waals surface area contributed by atoms with Crippen LogP contribution in [0.15, 0.2) is 218 Å². The van der Waals surface area contributed by atoms with Crippen molar-refractivity contribution < 1.29 is 90.6 Å². The summed E-state index contributed by atoms with van der Waals surface area (Å²) in [5, 5.41) is 43.9. The number of halogens is 1. The molecule has 9 aromatic rings. The molecule has 27 heteroatoms. The zero-order chi connectivity index (χ0) is 101. The van der Waals surface area contributed by atoms with Gasteiger partial charge in [0.25, 0.3) is 5.69 Å². The van der Waals surface area contributed by atoms with Crippen LogP contribution in [0.2, 0.25) is 18.1 Å². The fourth-order valence-corrected chi connectivity index (χ4v) is 11.6. The molecule has 0 aromatic heterocycles. The second-order valence-corrected chi connectivity index (χ2v) is 38.2. The van der Waals surface area contributed by atoms with Crippen LogP contribution in [0.25, 0.3) is 0 Å². The first-order valence-corrected chi connectivity index (χ1v) is 46.7. The molecule has 25 nitrogen and oxygen atoms in total. The molecule has 3 amide bonds. The van der Waals surface area contributed by atoms with Gasteiger partial charge in [-0.15, -0.1) is 0 Å². The number of methoxy groups -OCH3 is 5. The molecule has 0 heterocycles. The summed E-state index contributed by atoms with van der Waals surface area (Å²) in [5.41, 5.74) is 16.2. The minimum Gasteiger partial charge on any atom is -0.497 e. The number of nitrogens with one attached hydrogen (secondary N) is 3. The molecule has 0 bridgehead atoms. The Morgan fingerprint density at radius 2 is 0.908 bits per heavy atom. The first-order valence-electron chi connectivity index (χ1n) is 43.8. The number of hydrogen-bond acceptors (Lipinski definition) is 19. The van der Waals surface area contributed by atoms with Crippen molar-refractivity contribution in [3.05, 3.63) is 290 Å². The number of anilines is 2. The maximum atomic E-state index is 12.7. The summed E-state index contributed by atoms with van der Waals surface area (Å²) in [6.07, 6.45) is 3.79. The number of carboxylic acid groups (broad SMARTS) is 2. The summed E-state index contributed by atoms with van der Waals surface area (Å²) >= 11 is 0. The highest BCUT2D eigenvalue weighted by Crippen LogP contribution is 2.38. The summed E-state index contributed by atoms with van der Waals surface area (Å²) in [6, 6.07) is 66.5. The molecule has 1 aliphatic carbocycles. The van der Waals surface area contributed by atoms with Crippen LogP contribution in [0.1, 0.15) is 266 Å². The zero-order valence-corrected chi connectivity index (χ0v) is 84.1. The number of hydrogen-bond donors (Lipinski definition) is 6. The van der Waals surface area contributed by atoms with E-state index in [-0.39, 0.29) is 116 Å². The van der Waals surface area contributed by atoms with Gasteiger partial charge in [0.05, 0.1) is 65.3 Å². The SMILES string of the molecule is C.C.C.C.C.C.C.C.C.C.CC.CC(=O)Nc1cccc(CO[C@H](C(=O)O)[C@H](N)C(=O)O)c1.CC(C)C.CC1CCCCC1.CCc1ccccc1.COC(=O)[C@@H](OCc1cccc(NC(C)=O)c1)[C@H](NC(=O)OC(C)(C)C)O[Si](C)(C)C(C)(C)C.COc1ccc(C)cc1.COc1ccc(C)cc1OC.COc1cccc(C)c1.Cc1ccc(C#N)cc1.Cc1ccc(F)cc1.Cc1ccc([N+](=O)[O-])cc1. The van der Waals surface area contributed by atoms with Crippen LogP contribution in [0.5, 0.6) is 23.0 Å². The number of carboxylic acids is 2. The highest BCUT2D eigenvalue weighted by molar-refractivity contribution is 6.74. The van der Waals surface area contributed by atoms with Crippen LogP contribution >= 0.6 is 0 Å². The minimum absolute atomic E-state index is 0. The number of aliphatic carboxylic acids is 2. The Labute approximate surface area is 860 Å². The summed E-state index contributed by atoms with van der Waals surface area (Å²) in [7, 11) is 5.40. The second kappa shape index (κ2) is 86.6. The molecule has 0 radical (unpaired) electrons. The molecule has 0 saturated heterocycles. The predicted molar refractivity (Wildman–Crippen MR) is 597 cm³/mol. The Morgan fingerprint density at radius 3 is 1.24 bits per heavy atom. The smallest absolute Gasteiger partial charge is 0.409 e. The molecule has 1 saturated carbocycles. The number of rotatable bonds is 22. The molecule has 142 heavy (non-hydrogen) atoms. The van der Waals surface area contributed by atoms with Gasteiger partial charge in [0, 0.05) is 37.4 Å². The maximum absolute atomic E-state index is 12.7. The van der Waals surface area contributed by atoms with E-state index in [0.29, 0.717) is 22.5 Å². The number of nitro groups is 1. The van der Waals surface area contributed by atoms with Crippen LogP contribution in [0.4, 0.5) is 26.2 Å². The van der Waals surface area contributed by atoms with Gasteiger partial charge in [-0.1, -0.05) is 319 Å². The predicted octanol–water partition coefficient (Wildman–Crippen LogP) is 30.4. The topological polar surface area (TPSA) is 355 Å². The van der Waals surface area contributed by atoms with Crippen molar-refractivity contribution in [1.82, 2.24) is 5.32 Å². The molecule has 0 unspecified atom stereocenters. The van der Waals surface area contributed by atoms with Gasteiger partial charge in [-0.25, -0.2) is 18.8 Å². The second-order valence-electron chi connectivity index (χ2n) is 33.5. The molecular formula is C115H189FN6O19Si. The minimum atomic E-state index is -2.46. The molecule has 7 N–H and O–H groups in total. The van der Waals surface area contributed by atoms with Crippen molar-refractivity contribution in [2.45, 2.75) is 320 Å². The number of nitriles is 1. The van der Waals surface area contributed by atoms with Gasteiger partial charge in [0.2, 0.25) is 11.8 Å². The van der Waals surface area contributed by atoms with Crippen molar-refractivity contribution in [3.8, 4) is 29.1 Å². The van der Waals surface area contributed by atoms with E-state index in [0.717, 1.165) is 57.9 Å². The van der Waals surface area contributed by atoms with E-state index in [1.165, 1.54) is 105 Å². The Balaban J connectivity index is -0.000000137. The number of amides is 3. The third kappa shape index (κ3) is 74.6. The third-order valence-corrected chi connectivity index (χ3v) is 22.9. The average molecular weight is 2010 g/mol. The quantitative estimate of drug-likeness (QED) is 0.0121. The Bertz CT molecular complexity index is 4740. The molecule has 4 atom stereocenters. The number of nitrogens with two attached hydrogens (primary N) is 1. The number of carbonyl (C=O) groups excluding carboxylic acids is 4. The van der Waals surface area contributed by atoms with E-state index in [1.807, 2.05) is 179 Å². The molecular weight excluding hydrogens is 1820 g/mol. The third-order valence-electron chi connectivity index (χ3n) is 18.4. The average Bonchev–Trinajstić information content (AvgIpc) is 0.805. The number of alkyl carbamates (subject to hydrolysis) is 1. The molecule has 1 fully saturated rings. The molecule has 0 spiro atoms. The number of carbonyl (C=O) groups is 6. The number of non-ortho nitro benzene ring substituents is 1. The van der Waals surface area contributed by atoms with Gasteiger partial charge in [-0.3, -0.25) is 29.8 Å². The summed E-state index contributed by atoms with van der Waals surface area (Å²) in [5.74, 6) is 1.04. The Kier molecular flexibility index (Phi) is 94.5. The lowest BCUT2D eigenvalue weighted by Gasteiger charge is -2.40. The van der Waals surface area contributed by atoms with Crippen LogP contribution in [0, 0.1) is 80.6 Å². The summed E-state index contributed by atoms with van der Waals surface area (Å²) in [4.78, 5) is 79.0. The molecule has 1 aliphatic rings. The fourth-order valence-electron chi connectivity index (χ4n) is 10.4. The lowest BCUT2D eigenvalue weighted by molar-refractivity contribution is -0.384. The maximum Gasteiger partial charge on any atom is 0.409 e. The first kappa shape index (κ1) is 155. The lowest BCUT2D eigenvalue weighted by atomic mass is 9.91. The summed E-state index contributed by atoms with van der Waals surface area (Å²) in [6.45, 7) is 45.0. The largest absolute Gasteiger partial charge is 0.497 e. The fraction of sp³-hybridized carbons (Fsp3) is 0.470. The van der Waals surface area contributed by atoms with Crippen LogP contribution in [0.3, 0.4) is 0 Å². The Morgan fingerprint density at radius 1 is 0.514 bits per heavy atom. The number of ether oxygens (including phenoxy) is 8. The molecule has 0 aliphatic heterocycles. The highest BCUT2D eigenvalue weighted by atomic mass is 28.4. The van der Waals surface area contributed by atoms with E-state index in [9.17, 15) is 43.3 Å². The molecule has 804 valence electrons. The highest BCUT2D eigenvalue weighted by Gasteiger charge is 2.44. The van der Waals surface area contributed by atoms with Gasteiger partial charge in [-0.2, -0.15) is 5.26 Å². The van der Waals surface area contributed by atoms with Gasteiger partial charge < -0.3 is 68.9 Å². The number of esters is 1. The number of aryl methyl sites for hydroxylation is 7. The van der Waals surface area contributed by atoms with E-state index in [4.69, 9.17) is 63.5 Å². The summed E-state index contributed by atoms with van der Waals surface area (Å²) < 4.78 is 59.9. The van der Waals surface area contributed by atoms with Gasteiger partial charge in [0.1, 0.15) is 29.0 Å².